The van der Waals surface area contributed by atoms with Crippen LogP contribution in [0.3, 0.4) is 0 Å². The minimum atomic E-state index is -0.191. The molecule has 2 unspecified atom stereocenters. The number of piperidine rings is 2. The van der Waals surface area contributed by atoms with Crippen LogP contribution in [0.5, 0.6) is 0 Å². The predicted octanol–water partition coefficient (Wildman–Crippen LogP) is 6.39. The number of nitrogens with zero attached hydrogens (tertiary/aromatic N) is 13. The van der Waals surface area contributed by atoms with Gasteiger partial charge in [0.15, 0.2) is 34.0 Å². The van der Waals surface area contributed by atoms with Gasteiger partial charge in [-0.2, -0.15) is 9.97 Å². The van der Waals surface area contributed by atoms with Crippen LogP contribution in [-0.2, 0) is 27.2 Å². The van der Waals surface area contributed by atoms with Gasteiger partial charge < -0.3 is 28.4 Å². The molecule has 1 N–H and O–H groups in total. The number of rotatable bonds is 7. The number of benzene rings is 2. The Labute approximate surface area is 397 Å². The van der Waals surface area contributed by atoms with E-state index in [0.717, 1.165) is 42.2 Å². The molecule has 0 radical (unpaired) electrons. The first kappa shape index (κ1) is 44.3. The van der Waals surface area contributed by atoms with Crippen molar-refractivity contribution in [2.24, 2.45) is 37.8 Å². The SMILES string of the molecule is Cl.Clc1cc(Cl)cc(Br)c1.Cn1cnc2ncn(Cc3nc(C4[C@H]5CN(c6cc(Cl)cc(Cl)c6)C[C@@H]45)no3)c(=O)c21.Cn1cnc2ncn(Cc3nc(C4[C@H]5CNC[C@@H]45)no3)c(=O)c21. The summed E-state index contributed by atoms with van der Waals surface area (Å²) in [6.07, 6.45) is 6.08. The van der Waals surface area contributed by atoms with Gasteiger partial charge in [-0.25, -0.2) is 19.9 Å². The molecule has 2 saturated heterocycles. The van der Waals surface area contributed by atoms with Gasteiger partial charge in [0.1, 0.15) is 25.7 Å². The second-order valence-corrected chi connectivity index (χ2v) is 18.7. The van der Waals surface area contributed by atoms with E-state index in [1.165, 1.54) is 21.8 Å². The Bertz CT molecular complexity index is 3060. The smallest absolute Gasteiger partial charge is 0.280 e. The fourth-order valence-electron chi connectivity index (χ4n) is 8.76. The van der Waals surface area contributed by atoms with Crippen LogP contribution < -0.4 is 21.3 Å². The molecule has 4 aliphatic rings. The topological polar surface area (TPSA) is 199 Å². The van der Waals surface area contributed by atoms with E-state index in [4.69, 9.17) is 55.4 Å². The largest absolute Gasteiger partial charge is 0.371 e. The van der Waals surface area contributed by atoms with Crippen molar-refractivity contribution in [2.45, 2.75) is 24.9 Å². The third kappa shape index (κ3) is 8.78. The number of fused-ring (bicyclic) bond motifs is 4. The molecule has 4 fully saturated rings. The molecule has 24 heteroatoms. The van der Waals surface area contributed by atoms with Crippen molar-refractivity contribution in [3.05, 3.63) is 130 Å². The highest BCUT2D eigenvalue weighted by molar-refractivity contribution is 9.10. The van der Waals surface area contributed by atoms with Crippen molar-refractivity contribution in [2.75, 3.05) is 31.1 Å². The molecule has 12 rings (SSSR count). The number of halogens is 6. The number of imidazole rings is 2. The minimum Gasteiger partial charge on any atom is -0.371 e. The fraction of sp³-hybridized carbons (Fsp3) is 0.350. The summed E-state index contributed by atoms with van der Waals surface area (Å²) >= 11 is 26.8. The molecule has 8 aromatic rings. The van der Waals surface area contributed by atoms with Crippen molar-refractivity contribution >= 4 is 103 Å². The van der Waals surface area contributed by atoms with Crippen LogP contribution in [0.1, 0.15) is 35.3 Å². The zero-order valence-electron chi connectivity index (χ0n) is 33.7. The Balaban J connectivity index is 0.000000138. The first-order valence-electron chi connectivity index (χ1n) is 19.8. The third-order valence-corrected chi connectivity index (χ3v) is 13.2. The summed E-state index contributed by atoms with van der Waals surface area (Å²) in [5.41, 5.74) is 2.46. The zero-order valence-corrected chi connectivity index (χ0v) is 39.2. The van der Waals surface area contributed by atoms with Crippen molar-refractivity contribution < 1.29 is 9.05 Å². The lowest BCUT2D eigenvalue weighted by Crippen LogP contribution is -2.24. The molecule has 0 bridgehead atoms. The summed E-state index contributed by atoms with van der Waals surface area (Å²) < 4.78 is 17.9. The second-order valence-electron chi connectivity index (χ2n) is 16.0. The molecule has 18 nitrogen and oxygen atoms in total. The minimum absolute atomic E-state index is 0. The second kappa shape index (κ2) is 17.8. The maximum atomic E-state index is 12.7. The van der Waals surface area contributed by atoms with Gasteiger partial charge >= 0.3 is 0 Å². The Morgan fingerprint density at radius 1 is 0.641 bits per heavy atom. The molecular formula is C40H36BrCl5N14O4. The van der Waals surface area contributed by atoms with E-state index in [9.17, 15) is 9.59 Å². The summed E-state index contributed by atoms with van der Waals surface area (Å²) in [5.74, 6) is 5.19. The molecule has 332 valence electrons. The Hall–Kier alpha value is -4.89. The molecular weight excluding hydrogens is 998 g/mol. The van der Waals surface area contributed by atoms with Crippen LogP contribution >= 0.6 is 74.7 Å². The lowest BCUT2D eigenvalue weighted by atomic mass is 10.2. The number of hydrogen-bond acceptors (Lipinski definition) is 14. The van der Waals surface area contributed by atoms with Crippen LogP contribution in [-0.4, -0.2) is 84.7 Å². The lowest BCUT2D eigenvalue weighted by molar-refractivity contribution is 0.363. The molecule has 2 aromatic carbocycles. The zero-order chi connectivity index (χ0) is 43.7. The quantitative estimate of drug-likeness (QED) is 0.184. The Morgan fingerprint density at radius 2 is 1.06 bits per heavy atom. The summed E-state index contributed by atoms with van der Waals surface area (Å²) in [4.78, 5) is 53.1. The predicted molar refractivity (Wildman–Crippen MR) is 245 cm³/mol. The van der Waals surface area contributed by atoms with Crippen LogP contribution in [0.15, 0.2) is 84.8 Å². The number of aromatic nitrogens is 12. The van der Waals surface area contributed by atoms with E-state index >= 15 is 0 Å². The Kier molecular flexibility index (Phi) is 12.3. The van der Waals surface area contributed by atoms with Gasteiger partial charge in [0.05, 0.1) is 12.7 Å². The standard InChI is InChI=1S/C20H17Cl2N7O2.C14H15N7O2.C6H3BrCl2.ClH/c1-27-8-23-19-17(27)20(30)29(9-24-19)7-15-25-18(26-31-15)16-13-5-28(6-14(13)16)12-3-10(21)2-11(22)4-12;1-20-5-16-13-11(20)14(22)21(6-17-13)4-9-18-12(19-23-9)10-7-2-15-3-8(7)10;7-4-1-5(8)3-6(9)2-4;/h2-4,8-9,13-14,16H,5-7H2,1H3;5-8,10,15H,2-4H2,1H3;1-3H;1H/t13-,14+,16?;7-,8+,10?;;. The van der Waals surface area contributed by atoms with Crippen molar-refractivity contribution in [3.63, 3.8) is 0 Å². The molecule has 64 heavy (non-hydrogen) atoms. The molecule has 0 amide bonds. The first-order chi connectivity index (χ1) is 30.4. The molecule has 8 heterocycles. The van der Waals surface area contributed by atoms with Gasteiger partial charge in [0.2, 0.25) is 11.8 Å². The van der Waals surface area contributed by atoms with Crippen LogP contribution in [0.25, 0.3) is 22.3 Å². The van der Waals surface area contributed by atoms with Crippen LogP contribution in [0.4, 0.5) is 5.69 Å². The highest BCUT2D eigenvalue weighted by atomic mass is 79.9. The first-order valence-corrected chi connectivity index (χ1v) is 22.1. The van der Waals surface area contributed by atoms with Crippen molar-refractivity contribution in [1.82, 2.24) is 63.8 Å². The molecule has 2 aliphatic heterocycles. The van der Waals surface area contributed by atoms with Gasteiger partial charge in [-0.3, -0.25) is 18.7 Å². The normalized spacial score (nSPS) is 21.5. The van der Waals surface area contributed by atoms with E-state index in [1.54, 1.807) is 60.1 Å². The maximum Gasteiger partial charge on any atom is 0.280 e. The highest BCUT2D eigenvalue weighted by Gasteiger charge is 2.59. The van der Waals surface area contributed by atoms with E-state index in [0.29, 0.717) is 89.6 Å². The average molecular weight is 1030 g/mol. The highest BCUT2D eigenvalue weighted by Crippen LogP contribution is 2.58. The van der Waals surface area contributed by atoms with Crippen molar-refractivity contribution in [1.29, 1.82) is 0 Å². The molecule has 2 saturated carbocycles. The van der Waals surface area contributed by atoms with Crippen LogP contribution in [0.2, 0.25) is 20.1 Å². The fourth-order valence-corrected chi connectivity index (χ4v) is 10.6. The molecule has 6 atom stereocenters. The number of anilines is 1. The molecule has 0 spiro atoms. The maximum absolute atomic E-state index is 12.7. The number of hydrogen-bond donors (Lipinski definition) is 1. The van der Waals surface area contributed by atoms with Crippen LogP contribution in [0, 0.1) is 23.7 Å². The van der Waals surface area contributed by atoms with E-state index in [-0.39, 0.29) is 42.5 Å². The van der Waals surface area contributed by atoms with E-state index < -0.39 is 0 Å². The third-order valence-electron chi connectivity index (χ3n) is 11.9. The summed E-state index contributed by atoms with van der Waals surface area (Å²) in [6.45, 7) is 4.25. The van der Waals surface area contributed by atoms with Crippen molar-refractivity contribution in [3.8, 4) is 0 Å². The lowest BCUT2D eigenvalue weighted by Gasteiger charge is -2.22. The van der Waals surface area contributed by atoms with Gasteiger partial charge in [0, 0.05) is 69.3 Å². The monoisotopic (exact) mass is 1030 g/mol. The van der Waals surface area contributed by atoms with E-state index in [1.807, 2.05) is 12.1 Å². The van der Waals surface area contributed by atoms with Gasteiger partial charge in [-0.1, -0.05) is 72.6 Å². The van der Waals surface area contributed by atoms with Gasteiger partial charge in [-0.05, 0) is 73.2 Å². The summed E-state index contributed by atoms with van der Waals surface area (Å²) in [7, 11) is 3.54. The molecule has 6 aromatic heterocycles. The van der Waals surface area contributed by atoms with E-state index in [2.05, 4.69) is 66.4 Å². The van der Waals surface area contributed by atoms with Gasteiger partial charge in [0.25, 0.3) is 11.1 Å². The summed E-state index contributed by atoms with van der Waals surface area (Å²) in [5, 5.41) is 14.2. The average Bonchev–Trinajstić information content (AvgIpc) is 3.80. The Morgan fingerprint density at radius 3 is 1.52 bits per heavy atom. The van der Waals surface area contributed by atoms with Gasteiger partial charge in [-0.15, -0.1) is 12.4 Å². The number of nitrogens with one attached hydrogen (secondary N) is 1. The number of aryl methyl sites for hydroxylation is 2. The molecule has 2 aliphatic carbocycles. The summed E-state index contributed by atoms with van der Waals surface area (Å²) in [6, 6.07) is 10.9.